The van der Waals surface area contributed by atoms with Crippen molar-refractivity contribution in [3.8, 4) is 0 Å². The highest BCUT2D eigenvalue weighted by molar-refractivity contribution is 7.92. The number of anilines is 1. The summed E-state index contributed by atoms with van der Waals surface area (Å²) in [6.07, 6.45) is 0. The van der Waals surface area contributed by atoms with Crippen LogP contribution in [0.1, 0.15) is 28.4 Å². The van der Waals surface area contributed by atoms with Gasteiger partial charge in [0.05, 0.1) is 4.90 Å². The summed E-state index contributed by atoms with van der Waals surface area (Å²) in [5, 5.41) is 3.25. The van der Waals surface area contributed by atoms with E-state index in [4.69, 9.17) is 0 Å². The second-order valence-corrected chi connectivity index (χ2v) is 8.66. The van der Waals surface area contributed by atoms with Crippen LogP contribution in [-0.2, 0) is 10.0 Å². The van der Waals surface area contributed by atoms with Crippen LogP contribution >= 0.6 is 12.4 Å². The van der Waals surface area contributed by atoms with Gasteiger partial charge < -0.3 is 10.2 Å². The first-order valence-electron chi connectivity index (χ1n) is 9.00. The van der Waals surface area contributed by atoms with Gasteiger partial charge in [0.15, 0.2) is 0 Å². The van der Waals surface area contributed by atoms with Gasteiger partial charge in [-0.1, -0.05) is 18.2 Å². The number of benzene rings is 2. The van der Waals surface area contributed by atoms with E-state index in [0.29, 0.717) is 23.4 Å². The number of nitrogens with zero attached hydrogens (tertiary/aromatic N) is 1. The summed E-state index contributed by atoms with van der Waals surface area (Å²) in [4.78, 5) is 14.8. The van der Waals surface area contributed by atoms with Crippen LogP contribution in [0, 0.1) is 13.8 Å². The number of nitrogens with one attached hydrogen (secondary N) is 2. The van der Waals surface area contributed by atoms with Gasteiger partial charge in [-0.3, -0.25) is 9.52 Å². The Morgan fingerprint density at radius 3 is 2.61 bits per heavy atom. The van der Waals surface area contributed by atoms with Crippen LogP contribution in [0.25, 0.3) is 0 Å². The van der Waals surface area contributed by atoms with Crippen molar-refractivity contribution in [1.82, 2.24) is 10.2 Å². The largest absolute Gasteiger partial charge is 0.333 e. The van der Waals surface area contributed by atoms with Gasteiger partial charge in [0.1, 0.15) is 0 Å². The average molecular weight is 424 g/mol. The van der Waals surface area contributed by atoms with E-state index in [-0.39, 0.29) is 29.3 Å². The van der Waals surface area contributed by atoms with Crippen molar-refractivity contribution in [3.05, 3.63) is 59.2 Å². The third kappa shape index (κ3) is 4.84. The molecule has 0 unspecified atom stereocenters. The molecule has 2 aromatic carbocycles. The molecule has 0 spiro atoms. The minimum Gasteiger partial charge on any atom is -0.333 e. The Morgan fingerprint density at radius 1 is 1.18 bits per heavy atom. The number of halogens is 1. The zero-order chi connectivity index (χ0) is 19.6. The molecule has 8 heteroatoms. The molecule has 2 N–H and O–H groups in total. The predicted molar refractivity (Wildman–Crippen MR) is 114 cm³/mol. The first-order valence-corrected chi connectivity index (χ1v) is 10.5. The maximum atomic E-state index is 12.9. The van der Waals surface area contributed by atoms with Crippen molar-refractivity contribution in [1.29, 1.82) is 0 Å². The monoisotopic (exact) mass is 423 g/mol. The van der Waals surface area contributed by atoms with Crippen molar-refractivity contribution in [2.45, 2.75) is 31.7 Å². The van der Waals surface area contributed by atoms with E-state index < -0.39 is 10.0 Å². The topological polar surface area (TPSA) is 78.5 Å². The number of sulfonamides is 1. The normalized spacial score (nSPS) is 17.0. The molecule has 1 aliphatic heterocycles. The Morgan fingerprint density at radius 2 is 1.93 bits per heavy atom. The van der Waals surface area contributed by atoms with Crippen LogP contribution in [-0.4, -0.2) is 44.9 Å². The standard InChI is InChI=1S/C20H25N3O3S.ClH/c1-14-5-4-6-18(11-14)22-27(25,26)19-12-17(8-7-15(19)2)20(24)23-10-9-21-13-16(23)3;/h4-8,11-12,16,21-22H,9-10,13H2,1-3H3;1H/t16-;/m1./s1. The summed E-state index contributed by atoms with van der Waals surface area (Å²) in [5.41, 5.74) is 2.45. The van der Waals surface area contributed by atoms with E-state index in [0.717, 1.165) is 18.7 Å². The van der Waals surface area contributed by atoms with Gasteiger partial charge in [0.25, 0.3) is 15.9 Å². The summed E-state index contributed by atoms with van der Waals surface area (Å²) in [5.74, 6) is -0.143. The first-order chi connectivity index (χ1) is 12.8. The molecule has 152 valence electrons. The Labute approximate surface area is 172 Å². The molecule has 0 radical (unpaired) electrons. The lowest BCUT2D eigenvalue weighted by atomic mass is 10.1. The smallest absolute Gasteiger partial charge is 0.262 e. The number of carbonyl (C=O) groups excluding carboxylic acids is 1. The molecular weight excluding hydrogens is 398 g/mol. The van der Waals surface area contributed by atoms with E-state index in [9.17, 15) is 13.2 Å². The quantitative estimate of drug-likeness (QED) is 0.792. The molecule has 1 saturated heterocycles. The predicted octanol–water partition coefficient (Wildman–Crippen LogP) is 2.96. The van der Waals surface area contributed by atoms with Crippen LogP contribution in [0.15, 0.2) is 47.4 Å². The fraction of sp³-hybridized carbons (Fsp3) is 0.350. The highest BCUT2D eigenvalue weighted by Gasteiger charge is 2.26. The number of aryl methyl sites for hydroxylation is 2. The van der Waals surface area contributed by atoms with Gasteiger partial charge in [0, 0.05) is 36.9 Å². The lowest BCUT2D eigenvalue weighted by molar-refractivity contribution is 0.0655. The molecule has 1 fully saturated rings. The van der Waals surface area contributed by atoms with Gasteiger partial charge in [-0.2, -0.15) is 0 Å². The third-order valence-electron chi connectivity index (χ3n) is 4.76. The van der Waals surface area contributed by atoms with E-state index >= 15 is 0 Å². The van der Waals surface area contributed by atoms with Gasteiger partial charge in [-0.15, -0.1) is 12.4 Å². The Hall–Kier alpha value is -2.09. The number of rotatable bonds is 4. The number of hydrogen-bond donors (Lipinski definition) is 2. The summed E-state index contributed by atoms with van der Waals surface area (Å²) in [6.45, 7) is 7.69. The van der Waals surface area contributed by atoms with E-state index in [2.05, 4.69) is 10.0 Å². The zero-order valence-electron chi connectivity index (χ0n) is 16.2. The van der Waals surface area contributed by atoms with Crippen molar-refractivity contribution in [2.75, 3.05) is 24.4 Å². The van der Waals surface area contributed by atoms with Crippen molar-refractivity contribution >= 4 is 34.0 Å². The van der Waals surface area contributed by atoms with Crippen LogP contribution in [0.4, 0.5) is 5.69 Å². The van der Waals surface area contributed by atoms with Crippen molar-refractivity contribution in [3.63, 3.8) is 0 Å². The maximum absolute atomic E-state index is 12.9. The molecule has 28 heavy (non-hydrogen) atoms. The zero-order valence-corrected chi connectivity index (χ0v) is 17.9. The molecule has 0 bridgehead atoms. The van der Waals surface area contributed by atoms with Crippen molar-refractivity contribution in [2.24, 2.45) is 0 Å². The number of piperazine rings is 1. The minimum absolute atomic E-state index is 0. The SMILES string of the molecule is Cc1cccc(NS(=O)(=O)c2cc(C(=O)N3CCNC[C@H]3C)ccc2C)c1.Cl. The Bertz CT molecular complexity index is 963. The van der Waals surface area contributed by atoms with E-state index in [1.54, 1.807) is 42.2 Å². The van der Waals surface area contributed by atoms with Crippen LogP contribution in [0.3, 0.4) is 0 Å². The Balaban J connectivity index is 0.00000280. The van der Waals surface area contributed by atoms with Crippen LogP contribution in [0.5, 0.6) is 0 Å². The summed E-state index contributed by atoms with van der Waals surface area (Å²) < 4.78 is 28.4. The maximum Gasteiger partial charge on any atom is 0.262 e. The summed E-state index contributed by atoms with van der Waals surface area (Å²) in [7, 11) is -3.79. The Kier molecular flexibility index (Phi) is 7.09. The average Bonchev–Trinajstić information content (AvgIpc) is 2.61. The first kappa shape index (κ1) is 22.2. The number of carbonyl (C=O) groups is 1. The molecule has 3 rings (SSSR count). The van der Waals surface area contributed by atoms with Crippen LogP contribution < -0.4 is 10.0 Å². The highest BCUT2D eigenvalue weighted by atomic mass is 35.5. The summed E-state index contributed by atoms with van der Waals surface area (Å²) in [6, 6.07) is 12.1. The van der Waals surface area contributed by atoms with Gasteiger partial charge in [-0.05, 0) is 56.2 Å². The highest BCUT2D eigenvalue weighted by Crippen LogP contribution is 2.22. The molecule has 1 heterocycles. The fourth-order valence-corrected chi connectivity index (χ4v) is 4.57. The molecule has 6 nitrogen and oxygen atoms in total. The molecule has 1 amide bonds. The molecular formula is C20H26ClN3O3S. The lowest BCUT2D eigenvalue weighted by Crippen LogP contribution is -2.52. The van der Waals surface area contributed by atoms with Crippen LogP contribution in [0.2, 0.25) is 0 Å². The number of amides is 1. The third-order valence-corrected chi connectivity index (χ3v) is 6.28. The molecule has 0 saturated carbocycles. The second kappa shape index (κ2) is 8.94. The van der Waals surface area contributed by atoms with Gasteiger partial charge in [0.2, 0.25) is 0 Å². The van der Waals surface area contributed by atoms with Crippen molar-refractivity contribution < 1.29 is 13.2 Å². The summed E-state index contributed by atoms with van der Waals surface area (Å²) >= 11 is 0. The van der Waals surface area contributed by atoms with Gasteiger partial charge >= 0.3 is 0 Å². The molecule has 0 aromatic heterocycles. The van der Waals surface area contributed by atoms with E-state index in [1.807, 2.05) is 19.9 Å². The van der Waals surface area contributed by atoms with E-state index in [1.165, 1.54) is 6.07 Å². The lowest BCUT2D eigenvalue weighted by Gasteiger charge is -2.34. The molecule has 2 aromatic rings. The minimum atomic E-state index is -3.79. The molecule has 0 aliphatic carbocycles. The molecule has 1 aliphatic rings. The number of hydrogen-bond acceptors (Lipinski definition) is 4. The molecule has 1 atom stereocenters. The second-order valence-electron chi connectivity index (χ2n) is 7.01. The van der Waals surface area contributed by atoms with Gasteiger partial charge in [-0.25, -0.2) is 8.42 Å². The fourth-order valence-electron chi connectivity index (χ4n) is 3.25.